The number of aryl methyl sites for hydroxylation is 1. The molecule has 0 aromatic carbocycles. The van der Waals surface area contributed by atoms with Gasteiger partial charge in [0, 0.05) is 32.7 Å². The summed E-state index contributed by atoms with van der Waals surface area (Å²) < 4.78 is 1.52. The summed E-state index contributed by atoms with van der Waals surface area (Å²) in [5, 5.41) is 7.10. The number of nitrogens with zero attached hydrogens (tertiary/aromatic N) is 3. The summed E-state index contributed by atoms with van der Waals surface area (Å²) >= 11 is 0. The quantitative estimate of drug-likeness (QED) is 0.427. The molecule has 0 saturated carbocycles. The van der Waals surface area contributed by atoms with Crippen LogP contribution in [-0.4, -0.2) is 17.4 Å². The minimum absolute atomic E-state index is 0. The molecular formula is C5H8BN5Y-. The smallest absolute Gasteiger partial charge is 0 e. The van der Waals surface area contributed by atoms with E-state index in [1.807, 2.05) is 6.92 Å². The Labute approximate surface area is 97.1 Å². The SMILES string of the molecule is [B]=NNc1c(C)[c-]nn1CN.[Y]. The number of hydrogen-bond acceptors (Lipinski definition) is 4. The second-order valence-electron chi connectivity index (χ2n) is 2.01. The Morgan fingerprint density at radius 2 is 2.50 bits per heavy atom. The van der Waals surface area contributed by atoms with Crippen LogP contribution in [0.25, 0.3) is 0 Å². The van der Waals surface area contributed by atoms with Gasteiger partial charge in [0.05, 0.1) is 0 Å². The van der Waals surface area contributed by atoms with Crippen molar-refractivity contribution in [2.24, 2.45) is 10.7 Å². The minimum atomic E-state index is 0. The zero-order valence-electron chi connectivity index (χ0n) is 6.78. The zero-order chi connectivity index (χ0) is 8.27. The summed E-state index contributed by atoms with van der Waals surface area (Å²) in [4.78, 5) is 0. The van der Waals surface area contributed by atoms with Gasteiger partial charge >= 0.3 is 64.8 Å². The molecule has 1 rings (SSSR count). The van der Waals surface area contributed by atoms with E-state index in [1.54, 1.807) is 0 Å². The van der Waals surface area contributed by atoms with Gasteiger partial charge in [0.25, 0.3) is 0 Å². The fraction of sp³-hybridized carbons (Fsp3) is 0.400. The standard InChI is InChI=1S/C5H8BN5.Y/c1-4-2-8-11(3-7)5(4)9-10-6;/h9H,3,7H2,1H3;/q-1;. The third-order valence-corrected chi connectivity index (χ3v) is 1.30. The number of anilines is 1. The molecule has 7 heteroatoms. The molecule has 0 aliphatic heterocycles. The molecule has 2 radical (unpaired) electrons. The van der Waals surface area contributed by atoms with Gasteiger partial charge in [0.15, 0.2) is 0 Å². The second-order valence-corrected chi connectivity index (χ2v) is 2.01. The summed E-state index contributed by atoms with van der Waals surface area (Å²) in [5.74, 6) is 0.676. The Balaban J connectivity index is 0.00000121. The predicted molar refractivity (Wildman–Crippen MR) is 41.8 cm³/mol. The number of nitrogens with one attached hydrogen (secondary N) is 1. The van der Waals surface area contributed by atoms with Crippen LogP contribution in [0.5, 0.6) is 0 Å². The van der Waals surface area contributed by atoms with Crippen molar-refractivity contribution in [2.75, 3.05) is 5.43 Å². The average molecular weight is 238 g/mol. The van der Waals surface area contributed by atoms with E-state index in [2.05, 4.69) is 21.7 Å². The van der Waals surface area contributed by atoms with Crippen LogP contribution in [0, 0.1) is 13.1 Å². The third-order valence-electron chi connectivity index (χ3n) is 1.30. The molecule has 0 spiro atoms. The molecule has 0 saturated heterocycles. The fourth-order valence-corrected chi connectivity index (χ4v) is 0.767. The molecule has 1 aromatic heterocycles. The van der Waals surface area contributed by atoms with Crippen molar-refractivity contribution < 1.29 is 32.7 Å². The Morgan fingerprint density at radius 1 is 1.83 bits per heavy atom. The molecule has 0 amide bonds. The van der Waals surface area contributed by atoms with Crippen molar-refractivity contribution >= 4 is 13.5 Å². The molecule has 12 heavy (non-hydrogen) atoms. The zero-order valence-corrected chi connectivity index (χ0v) is 9.62. The monoisotopic (exact) mass is 238 g/mol. The third kappa shape index (κ3) is 2.47. The van der Waals surface area contributed by atoms with Gasteiger partial charge in [0.2, 0.25) is 0 Å². The molecular weight excluding hydrogens is 230 g/mol. The summed E-state index contributed by atoms with van der Waals surface area (Å²) in [6.45, 7) is 2.12. The van der Waals surface area contributed by atoms with Gasteiger partial charge in [-0.05, 0) is 0 Å². The molecule has 0 atom stereocenters. The first-order valence-electron chi connectivity index (χ1n) is 3.10. The molecule has 0 aliphatic rings. The molecule has 60 valence electrons. The van der Waals surface area contributed by atoms with Gasteiger partial charge in [0.1, 0.15) is 0 Å². The maximum atomic E-state index is 5.35. The van der Waals surface area contributed by atoms with Gasteiger partial charge in [-0.25, -0.2) is 0 Å². The number of nitrogens with two attached hydrogens (primary N) is 1. The van der Waals surface area contributed by atoms with Crippen LogP contribution in [-0.2, 0) is 39.4 Å². The van der Waals surface area contributed by atoms with Gasteiger partial charge in [-0.15, -0.1) is 0 Å². The molecule has 0 aliphatic carbocycles. The number of hydrogen-bond donors (Lipinski definition) is 2. The maximum absolute atomic E-state index is 5.35. The topological polar surface area (TPSA) is 68.2 Å². The van der Waals surface area contributed by atoms with E-state index in [0.29, 0.717) is 5.82 Å². The van der Waals surface area contributed by atoms with Crippen molar-refractivity contribution in [3.05, 3.63) is 11.8 Å². The Morgan fingerprint density at radius 3 is 3.00 bits per heavy atom. The first-order valence-corrected chi connectivity index (χ1v) is 3.10. The van der Waals surface area contributed by atoms with Crippen LogP contribution in [0.15, 0.2) is 5.00 Å². The van der Waals surface area contributed by atoms with Crippen LogP contribution in [0.1, 0.15) is 5.56 Å². The van der Waals surface area contributed by atoms with Crippen molar-refractivity contribution in [3.63, 3.8) is 0 Å². The van der Waals surface area contributed by atoms with Crippen molar-refractivity contribution in [1.82, 2.24) is 9.78 Å². The van der Waals surface area contributed by atoms with Crippen LogP contribution < -0.4 is 11.2 Å². The maximum Gasteiger partial charge on any atom is 0 e. The molecule has 0 bridgehead atoms. The molecule has 5 nitrogen and oxygen atoms in total. The van der Waals surface area contributed by atoms with Gasteiger partial charge < -0.3 is 0 Å². The summed E-state index contributed by atoms with van der Waals surface area (Å²) in [6, 6.07) is 0. The Hall–Kier alpha value is -0.0612. The largest absolute Gasteiger partial charge is 0 e. The van der Waals surface area contributed by atoms with E-state index in [1.165, 1.54) is 4.68 Å². The number of rotatable bonds is 3. The van der Waals surface area contributed by atoms with Gasteiger partial charge in [-0.3, -0.25) is 0 Å². The van der Waals surface area contributed by atoms with E-state index in [4.69, 9.17) is 13.4 Å². The second kappa shape index (κ2) is 5.56. The average Bonchev–Trinajstić information content (AvgIpc) is 2.34. The van der Waals surface area contributed by atoms with E-state index in [9.17, 15) is 0 Å². The summed E-state index contributed by atoms with van der Waals surface area (Å²) in [5.41, 5.74) is 8.76. The summed E-state index contributed by atoms with van der Waals surface area (Å²) in [6.07, 6.45) is 2.73. The molecule has 1 heterocycles. The Bertz CT molecular complexity index is 260. The van der Waals surface area contributed by atoms with E-state index >= 15 is 0 Å². The van der Waals surface area contributed by atoms with Crippen LogP contribution in [0.2, 0.25) is 0 Å². The summed E-state index contributed by atoms with van der Waals surface area (Å²) in [7, 11) is 4.93. The fourth-order valence-electron chi connectivity index (χ4n) is 0.767. The van der Waals surface area contributed by atoms with E-state index < -0.39 is 0 Å². The Kier molecular flexibility index (Phi) is 5.53. The normalized spacial score (nSPS) is 8.75. The first-order chi connectivity index (χ1) is 5.29. The van der Waals surface area contributed by atoms with Gasteiger partial charge in [-0.2, -0.15) is 0 Å². The van der Waals surface area contributed by atoms with Gasteiger partial charge in [-0.1, -0.05) is 0 Å². The molecule has 3 N–H and O–H groups in total. The first kappa shape index (κ1) is 11.9. The predicted octanol–water partition coefficient (Wildman–Crippen LogP) is -0.416. The van der Waals surface area contributed by atoms with Crippen molar-refractivity contribution in [1.29, 1.82) is 0 Å². The minimum Gasteiger partial charge on any atom is 0 e. The van der Waals surface area contributed by atoms with E-state index in [-0.39, 0.29) is 39.4 Å². The van der Waals surface area contributed by atoms with E-state index in [0.717, 1.165) is 5.56 Å². The van der Waals surface area contributed by atoms with Crippen LogP contribution in [0.3, 0.4) is 0 Å². The van der Waals surface area contributed by atoms with Crippen LogP contribution in [0.4, 0.5) is 5.82 Å². The van der Waals surface area contributed by atoms with Crippen molar-refractivity contribution in [3.8, 4) is 0 Å². The molecule has 0 fully saturated rings. The van der Waals surface area contributed by atoms with Crippen LogP contribution >= 0.6 is 0 Å². The van der Waals surface area contributed by atoms with Crippen molar-refractivity contribution in [2.45, 2.75) is 13.6 Å². The molecule has 1 aromatic rings. The number of aromatic nitrogens is 2. The molecule has 0 unspecified atom stereocenters.